The third-order valence-electron chi connectivity index (χ3n) is 7.15. The van der Waals surface area contributed by atoms with Gasteiger partial charge < -0.3 is 28.6 Å². The first-order chi connectivity index (χ1) is 14.7. The van der Waals surface area contributed by atoms with Crippen molar-refractivity contribution in [3.63, 3.8) is 0 Å². The van der Waals surface area contributed by atoms with Gasteiger partial charge in [-0.25, -0.2) is 0 Å². The van der Waals surface area contributed by atoms with Crippen LogP contribution in [0.15, 0.2) is 72.8 Å². The van der Waals surface area contributed by atoms with Gasteiger partial charge in [0.25, 0.3) is 0 Å². The van der Waals surface area contributed by atoms with Gasteiger partial charge >= 0.3 is 21.4 Å². The Morgan fingerprint density at radius 1 is 0.400 bits per heavy atom. The van der Waals surface area contributed by atoms with Gasteiger partial charge in [0.2, 0.25) is 0 Å². The standard InChI is InChI=1S/C21H21B3N6/c1-25-16-10-4-7-13-19(16)28-22(25)29-20-14-8-5-11-17(20)26(2)24(29)30-21-15-9-6-12-18(21)27(3)23(28)30/h4-15H,1-3H3. The van der Waals surface area contributed by atoms with Crippen molar-refractivity contribution in [3.8, 4) is 0 Å². The van der Waals surface area contributed by atoms with Crippen molar-refractivity contribution in [2.24, 2.45) is 0 Å². The summed E-state index contributed by atoms with van der Waals surface area (Å²) in [6.07, 6.45) is 0. The molecule has 4 aliphatic rings. The van der Waals surface area contributed by atoms with E-state index in [1.165, 1.54) is 34.1 Å². The fourth-order valence-electron chi connectivity index (χ4n) is 5.94. The Hall–Kier alpha value is -3.35. The normalized spacial score (nSPS) is 17.9. The van der Waals surface area contributed by atoms with Crippen LogP contribution in [0.1, 0.15) is 0 Å². The molecular weight excluding hydrogens is 369 g/mol. The first kappa shape index (κ1) is 16.5. The highest BCUT2D eigenvalue weighted by Gasteiger charge is 2.67. The molecule has 0 atom stereocenters. The first-order valence-corrected chi connectivity index (χ1v) is 10.5. The summed E-state index contributed by atoms with van der Waals surface area (Å²) in [7, 11) is 6.99. The highest BCUT2D eigenvalue weighted by atomic mass is 15.5. The number of hydrogen-bond acceptors (Lipinski definition) is 6. The van der Waals surface area contributed by atoms with Gasteiger partial charge in [0.15, 0.2) is 0 Å². The number of anilines is 6. The fraction of sp³-hybridized carbons (Fsp3) is 0.143. The van der Waals surface area contributed by atoms with Gasteiger partial charge in [0.05, 0.1) is 0 Å². The van der Waals surface area contributed by atoms with Crippen molar-refractivity contribution in [1.82, 2.24) is 0 Å². The Morgan fingerprint density at radius 3 is 0.900 bits per heavy atom. The number of benzene rings is 3. The van der Waals surface area contributed by atoms with E-state index in [4.69, 9.17) is 0 Å². The molecule has 6 nitrogen and oxygen atoms in total. The average Bonchev–Trinajstić information content (AvgIpc) is 3.36. The lowest BCUT2D eigenvalue weighted by atomic mass is 9.56. The molecular formula is C21H21B3N6. The van der Waals surface area contributed by atoms with E-state index in [1.807, 2.05) is 0 Å². The van der Waals surface area contributed by atoms with E-state index in [2.05, 4.69) is 123 Å². The Morgan fingerprint density at radius 2 is 0.633 bits per heavy atom. The molecule has 0 unspecified atom stereocenters. The van der Waals surface area contributed by atoms with Crippen molar-refractivity contribution in [2.75, 3.05) is 49.7 Å². The second-order valence-corrected chi connectivity index (χ2v) is 8.56. The third-order valence-corrected chi connectivity index (χ3v) is 7.15. The van der Waals surface area contributed by atoms with Gasteiger partial charge in [-0.2, -0.15) is 0 Å². The van der Waals surface area contributed by atoms with Crippen molar-refractivity contribution in [3.05, 3.63) is 72.8 Å². The van der Waals surface area contributed by atoms with Crippen LogP contribution in [0, 0.1) is 0 Å². The maximum absolute atomic E-state index is 2.57. The summed E-state index contributed by atoms with van der Waals surface area (Å²) < 4.78 is 7.71. The second-order valence-electron chi connectivity index (χ2n) is 8.56. The Balaban J connectivity index is 1.52. The van der Waals surface area contributed by atoms with E-state index < -0.39 is 0 Å². The summed E-state index contributed by atoms with van der Waals surface area (Å²) in [5.74, 6) is 0. The minimum absolute atomic E-state index is 0.108. The predicted octanol–water partition coefficient (Wildman–Crippen LogP) is 2.82. The largest absolute Gasteiger partial charge is 0.484 e. The minimum atomic E-state index is 0.108. The summed E-state index contributed by atoms with van der Waals surface area (Å²) in [6, 6.07) is 26.3. The van der Waals surface area contributed by atoms with Gasteiger partial charge in [-0.3, -0.25) is 0 Å². The highest BCUT2D eigenvalue weighted by Crippen LogP contribution is 2.52. The van der Waals surface area contributed by atoms with Crippen LogP contribution < -0.4 is 28.6 Å². The van der Waals surface area contributed by atoms with Crippen molar-refractivity contribution in [2.45, 2.75) is 0 Å². The minimum Gasteiger partial charge on any atom is -0.382 e. The molecule has 3 aromatic carbocycles. The van der Waals surface area contributed by atoms with Gasteiger partial charge in [0.1, 0.15) is 0 Å². The van der Waals surface area contributed by atoms with Gasteiger partial charge in [-0.15, -0.1) is 0 Å². The van der Waals surface area contributed by atoms with E-state index in [9.17, 15) is 0 Å². The maximum atomic E-state index is 2.57. The smallest absolute Gasteiger partial charge is 0.382 e. The molecule has 0 aromatic heterocycles. The SMILES string of the molecule is CN1B2N(B3N(C)c4ccccc4N3B3N(C)c4ccccc4N23)c2ccccc21. The van der Waals surface area contributed by atoms with E-state index in [1.54, 1.807) is 0 Å². The van der Waals surface area contributed by atoms with Gasteiger partial charge in [-0.1, -0.05) is 36.4 Å². The number of nitrogens with zero attached hydrogens (tertiary/aromatic N) is 6. The van der Waals surface area contributed by atoms with Gasteiger partial charge in [-0.05, 0) is 57.5 Å². The van der Waals surface area contributed by atoms with Crippen molar-refractivity contribution < 1.29 is 0 Å². The molecule has 144 valence electrons. The molecule has 30 heavy (non-hydrogen) atoms. The number of rotatable bonds is 0. The molecule has 0 amide bonds. The molecule has 0 aliphatic carbocycles. The number of fused-ring (bicyclic) bond motifs is 12. The van der Waals surface area contributed by atoms with Crippen LogP contribution in [-0.2, 0) is 0 Å². The van der Waals surface area contributed by atoms with Crippen LogP contribution in [0.5, 0.6) is 0 Å². The lowest BCUT2D eigenvalue weighted by Gasteiger charge is -2.50. The summed E-state index contributed by atoms with van der Waals surface area (Å²) in [6.45, 7) is 0. The zero-order valence-electron chi connectivity index (χ0n) is 17.3. The Bertz CT molecular complexity index is 1030. The summed E-state index contributed by atoms with van der Waals surface area (Å²) >= 11 is 0. The maximum Gasteiger partial charge on any atom is 0.484 e. The molecule has 1 fully saturated rings. The average molecular weight is 390 g/mol. The molecule has 4 aliphatic heterocycles. The Labute approximate surface area is 178 Å². The molecule has 4 heterocycles. The van der Waals surface area contributed by atoms with Crippen LogP contribution in [0.4, 0.5) is 34.1 Å². The van der Waals surface area contributed by atoms with Crippen LogP contribution in [0.2, 0.25) is 0 Å². The summed E-state index contributed by atoms with van der Waals surface area (Å²) in [5.41, 5.74) is 7.68. The molecule has 0 radical (unpaired) electrons. The molecule has 3 aromatic rings. The third kappa shape index (κ3) is 1.72. The summed E-state index contributed by atoms with van der Waals surface area (Å²) in [4.78, 5) is 7.27. The zero-order valence-corrected chi connectivity index (χ0v) is 17.3. The van der Waals surface area contributed by atoms with E-state index in [0.29, 0.717) is 0 Å². The number of para-hydroxylation sites is 6. The van der Waals surface area contributed by atoms with E-state index in [0.717, 1.165) is 0 Å². The van der Waals surface area contributed by atoms with Crippen LogP contribution in [0.3, 0.4) is 0 Å². The molecule has 0 bridgehead atoms. The lowest BCUT2D eigenvalue weighted by Crippen LogP contribution is -2.84. The zero-order chi connectivity index (χ0) is 20.1. The van der Waals surface area contributed by atoms with E-state index >= 15 is 0 Å². The first-order valence-electron chi connectivity index (χ1n) is 10.5. The monoisotopic (exact) mass is 390 g/mol. The van der Waals surface area contributed by atoms with Crippen molar-refractivity contribution >= 4 is 55.5 Å². The van der Waals surface area contributed by atoms with Crippen LogP contribution in [0.25, 0.3) is 0 Å². The highest BCUT2D eigenvalue weighted by molar-refractivity contribution is 7.10. The van der Waals surface area contributed by atoms with Crippen molar-refractivity contribution in [1.29, 1.82) is 0 Å². The summed E-state index contributed by atoms with van der Waals surface area (Å²) in [5, 5.41) is 0. The Kier molecular flexibility index (Phi) is 2.97. The quantitative estimate of drug-likeness (QED) is 0.547. The van der Waals surface area contributed by atoms with Gasteiger partial charge in [0, 0.05) is 34.1 Å². The lowest BCUT2D eigenvalue weighted by molar-refractivity contribution is 1.21. The van der Waals surface area contributed by atoms with E-state index in [-0.39, 0.29) is 21.4 Å². The molecule has 9 heteroatoms. The molecule has 0 spiro atoms. The molecule has 1 saturated heterocycles. The fourth-order valence-corrected chi connectivity index (χ4v) is 5.94. The van der Waals surface area contributed by atoms with Crippen LogP contribution in [-0.4, -0.2) is 42.5 Å². The molecule has 0 saturated carbocycles. The molecule has 0 N–H and O–H groups in total. The molecule has 7 rings (SSSR count). The van der Waals surface area contributed by atoms with Crippen LogP contribution >= 0.6 is 0 Å². The second kappa shape index (κ2) is 5.42. The topological polar surface area (TPSA) is 19.4 Å². The number of hydrogen-bond donors (Lipinski definition) is 0. The predicted molar refractivity (Wildman–Crippen MR) is 129 cm³/mol.